The largest absolute Gasteiger partial charge is 0.330 e. The number of hydrogen-bond acceptors (Lipinski definition) is 1. The first-order valence-electron chi connectivity index (χ1n) is 4.12. The lowest BCUT2D eigenvalue weighted by Gasteiger charge is -1.92. The van der Waals surface area contributed by atoms with E-state index in [-0.39, 0.29) is 0 Å². The second kappa shape index (κ2) is 3.20. The molecule has 1 atom stereocenters. The summed E-state index contributed by atoms with van der Waals surface area (Å²) in [6.07, 6.45) is 3.86. The minimum atomic E-state index is 0.854. The van der Waals surface area contributed by atoms with E-state index < -0.39 is 0 Å². The van der Waals surface area contributed by atoms with Crippen molar-refractivity contribution >= 4 is 0 Å². The maximum absolute atomic E-state index is 5.41. The zero-order valence-electron chi connectivity index (χ0n) is 6.98. The molecule has 0 spiro atoms. The van der Waals surface area contributed by atoms with Gasteiger partial charge in [0, 0.05) is 0 Å². The number of hydrogen-bond donors (Lipinski definition) is 1. The minimum absolute atomic E-state index is 0.854. The van der Waals surface area contributed by atoms with Gasteiger partial charge in [-0.2, -0.15) is 0 Å². The van der Waals surface area contributed by atoms with Gasteiger partial charge < -0.3 is 5.73 Å². The number of allylic oxidation sites excluding steroid dienone is 2. The highest BCUT2D eigenvalue weighted by Gasteiger charge is 2.28. The molecule has 0 bridgehead atoms. The molecule has 0 heterocycles. The molecule has 1 aliphatic carbocycles. The number of rotatable bonds is 3. The first-order valence-corrected chi connectivity index (χ1v) is 4.12. The third-order valence-electron chi connectivity index (χ3n) is 2.20. The Labute approximate surface area is 63.3 Å². The molecule has 0 radical (unpaired) electrons. The van der Waals surface area contributed by atoms with E-state index in [0.717, 1.165) is 12.5 Å². The molecular formula is C9H17N. The summed E-state index contributed by atoms with van der Waals surface area (Å²) in [4.78, 5) is 0. The van der Waals surface area contributed by atoms with Gasteiger partial charge in [-0.25, -0.2) is 0 Å². The first kappa shape index (κ1) is 7.80. The van der Waals surface area contributed by atoms with Crippen molar-refractivity contribution in [3.05, 3.63) is 11.1 Å². The summed E-state index contributed by atoms with van der Waals surface area (Å²) in [6.45, 7) is 5.27. The summed E-state index contributed by atoms with van der Waals surface area (Å²) in [5.74, 6) is 0.911. The molecule has 0 aliphatic heterocycles. The van der Waals surface area contributed by atoms with Crippen LogP contribution in [0.4, 0.5) is 0 Å². The summed E-state index contributed by atoms with van der Waals surface area (Å²) >= 11 is 0. The lowest BCUT2D eigenvalue weighted by Crippen LogP contribution is -1.98. The van der Waals surface area contributed by atoms with Gasteiger partial charge in [0.25, 0.3) is 0 Å². The Hall–Kier alpha value is -0.300. The van der Waals surface area contributed by atoms with Crippen LogP contribution in [-0.4, -0.2) is 6.54 Å². The summed E-state index contributed by atoms with van der Waals surface area (Å²) in [5, 5.41) is 0. The fraction of sp³-hybridized carbons (Fsp3) is 0.778. The Kier molecular flexibility index (Phi) is 2.50. The summed E-state index contributed by atoms with van der Waals surface area (Å²) in [5.41, 5.74) is 8.63. The fourth-order valence-electron chi connectivity index (χ4n) is 1.46. The molecule has 2 N–H and O–H groups in total. The second-order valence-corrected chi connectivity index (χ2v) is 3.36. The standard InChI is InChI=1S/C9H17N/c1-7(2)9-6-8(9)4-3-5-10/h8H,3-6,10H2,1-2H3. The van der Waals surface area contributed by atoms with Gasteiger partial charge in [0.15, 0.2) is 0 Å². The zero-order valence-corrected chi connectivity index (χ0v) is 6.98. The average Bonchev–Trinajstić information content (AvgIpc) is 2.62. The minimum Gasteiger partial charge on any atom is -0.330 e. The molecular weight excluding hydrogens is 122 g/mol. The van der Waals surface area contributed by atoms with Crippen LogP contribution in [0.25, 0.3) is 0 Å². The van der Waals surface area contributed by atoms with Gasteiger partial charge in [-0.1, -0.05) is 11.1 Å². The summed E-state index contributed by atoms with van der Waals surface area (Å²) in [6, 6.07) is 0. The van der Waals surface area contributed by atoms with E-state index in [4.69, 9.17) is 5.73 Å². The molecule has 0 saturated heterocycles. The van der Waals surface area contributed by atoms with E-state index in [0.29, 0.717) is 0 Å². The van der Waals surface area contributed by atoms with Crippen molar-refractivity contribution in [3.63, 3.8) is 0 Å². The van der Waals surface area contributed by atoms with Crippen molar-refractivity contribution < 1.29 is 0 Å². The molecule has 0 aromatic carbocycles. The Morgan fingerprint density at radius 2 is 2.30 bits per heavy atom. The van der Waals surface area contributed by atoms with Gasteiger partial charge in [-0.15, -0.1) is 0 Å². The van der Waals surface area contributed by atoms with Gasteiger partial charge in [-0.3, -0.25) is 0 Å². The van der Waals surface area contributed by atoms with E-state index >= 15 is 0 Å². The lowest BCUT2D eigenvalue weighted by molar-refractivity contribution is 0.690. The van der Waals surface area contributed by atoms with E-state index in [2.05, 4.69) is 13.8 Å². The van der Waals surface area contributed by atoms with Crippen molar-refractivity contribution in [1.82, 2.24) is 0 Å². The molecule has 0 amide bonds. The van der Waals surface area contributed by atoms with Crippen LogP contribution in [0.1, 0.15) is 33.1 Å². The predicted molar refractivity (Wildman–Crippen MR) is 44.8 cm³/mol. The monoisotopic (exact) mass is 139 g/mol. The van der Waals surface area contributed by atoms with Crippen molar-refractivity contribution in [3.8, 4) is 0 Å². The summed E-state index contributed by atoms with van der Waals surface area (Å²) in [7, 11) is 0. The van der Waals surface area contributed by atoms with Crippen LogP contribution in [0, 0.1) is 5.92 Å². The van der Waals surface area contributed by atoms with Crippen molar-refractivity contribution in [2.45, 2.75) is 33.1 Å². The predicted octanol–water partition coefficient (Wildman–Crippen LogP) is 2.08. The van der Waals surface area contributed by atoms with Crippen LogP contribution < -0.4 is 5.73 Å². The molecule has 58 valence electrons. The van der Waals surface area contributed by atoms with E-state index in [1.807, 2.05) is 0 Å². The normalized spacial score (nSPS) is 23.1. The molecule has 1 rings (SSSR count). The van der Waals surface area contributed by atoms with Gasteiger partial charge in [0.2, 0.25) is 0 Å². The Morgan fingerprint density at radius 1 is 1.60 bits per heavy atom. The molecule has 1 unspecified atom stereocenters. The smallest absolute Gasteiger partial charge is 0.00771 e. The third-order valence-corrected chi connectivity index (χ3v) is 2.20. The molecule has 1 fully saturated rings. The van der Waals surface area contributed by atoms with Crippen LogP contribution in [0.5, 0.6) is 0 Å². The van der Waals surface area contributed by atoms with Crippen LogP contribution in [0.2, 0.25) is 0 Å². The molecule has 10 heavy (non-hydrogen) atoms. The topological polar surface area (TPSA) is 26.0 Å². The van der Waals surface area contributed by atoms with Crippen molar-refractivity contribution in [2.75, 3.05) is 6.54 Å². The molecule has 1 nitrogen and oxygen atoms in total. The molecule has 0 aromatic heterocycles. The fourth-order valence-corrected chi connectivity index (χ4v) is 1.46. The lowest BCUT2D eigenvalue weighted by atomic mass is 10.2. The van der Waals surface area contributed by atoms with Crippen LogP contribution in [0.3, 0.4) is 0 Å². The highest BCUT2D eigenvalue weighted by Crippen LogP contribution is 2.43. The van der Waals surface area contributed by atoms with Crippen LogP contribution in [-0.2, 0) is 0 Å². The average molecular weight is 139 g/mol. The Bertz CT molecular complexity index is 143. The molecule has 1 saturated carbocycles. The maximum Gasteiger partial charge on any atom is -0.00771 e. The quantitative estimate of drug-likeness (QED) is 0.595. The Morgan fingerprint density at radius 3 is 2.70 bits per heavy atom. The zero-order chi connectivity index (χ0) is 7.56. The van der Waals surface area contributed by atoms with Gasteiger partial charge in [-0.05, 0) is 45.6 Å². The van der Waals surface area contributed by atoms with Crippen LogP contribution in [0.15, 0.2) is 11.1 Å². The van der Waals surface area contributed by atoms with Gasteiger partial charge in [0.05, 0.1) is 0 Å². The maximum atomic E-state index is 5.41. The molecule has 0 aromatic rings. The number of nitrogens with two attached hydrogens (primary N) is 1. The van der Waals surface area contributed by atoms with Crippen molar-refractivity contribution in [2.24, 2.45) is 11.7 Å². The highest BCUT2D eigenvalue weighted by atomic mass is 14.5. The van der Waals surface area contributed by atoms with Crippen LogP contribution >= 0.6 is 0 Å². The summed E-state index contributed by atoms with van der Waals surface area (Å²) < 4.78 is 0. The second-order valence-electron chi connectivity index (χ2n) is 3.36. The Balaban J connectivity index is 2.20. The van der Waals surface area contributed by atoms with E-state index in [1.165, 1.54) is 24.8 Å². The highest BCUT2D eigenvalue weighted by molar-refractivity contribution is 5.27. The molecule has 1 heteroatoms. The van der Waals surface area contributed by atoms with E-state index in [1.54, 1.807) is 5.57 Å². The SMILES string of the molecule is CC(C)=C1CC1CCCN. The van der Waals surface area contributed by atoms with Gasteiger partial charge >= 0.3 is 0 Å². The third kappa shape index (κ3) is 1.84. The first-order chi connectivity index (χ1) is 4.75. The van der Waals surface area contributed by atoms with E-state index in [9.17, 15) is 0 Å². The van der Waals surface area contributed by atoms with Crippen molar-refractivity contribution in [1.29, 1.82) is 0 Å². The van der Waals surface area contributed by atoms with Gasteiger partial charge in [0.1, 0.15) is 0 Å². The molecule has 1 aliphatic rings.